The molecule has 1 heterocycles. The quantitative estimate of drug-likeness (QED) is 0.483. The second kappa shape index (κ2) is 6.91. The third-order valence-corrected chi connectivity index (χ3v) is 3.69. The van der Waals surface area contributed by atoms with Crippen LogP contribution in [0.1, 0.15) is 11.1 Å². The number of hydrogen-bond acceptors (Lipinski definition) is 4. The van der Waals surface area contributed by atoms with Crippen molar-refractivity contribution < 1.29 is 9.53 Å². The zero-order chi connectivity index (χ0) is 16.9. The Morgan fingerprint density at radius 1 is 1.17 bits per heavy atom. The largest absolute Gasteiger partial charge is 0.497 e. The Kier molecular flexibility index (Phi) is 4.52. The summed E-state index contributed by atoms with van der Waals surface area (Å²) < 4.78 is 5.11. The molecule has 0 atom stereocenters. The Balaban J connectivity index is 1.87. The smallest absolute Gasteiger partial charge is 0.279 e. The number of nitrogens with zero attached hydrogens (tertiary/aromatic N) is 3. The summed E-state index contributed by atoms with van der Waals surface area (Å²) >= 11 is 0. The molecule has 0 radical (unpaired) electrons. The van der Waals surface area contributed by atoms with E-state index in [0.29, 0.717) is 12.3 Å². The lowest BCUT2D eigenvalue weighted by molar-refractivity contribution is -0.112. The fourth-order valence-electron chi connectivity index (χ4n) is 2.51. The Bertz CT molecular complexity index is 823. The van der Waals surface area contributed by atoms with Gasteiger partial charge in [0.25, 0.3) is 5.91 Å². The first-order valence-electron chi connectivity index (χ1n) is 7.52. The highest BCUT2D eigenvalue weighted by atomic mass is 16.5. The molecular formula is C19H17N3O2. The van der Waals surface area contributed by atoms with Gasteiger partial charge in [-0.15, -0.1) is 11.7 Å². The van der Waals surface area contributed by atoms with Crippen LogP contribution in [0.4, 0.5) is 5.69 Å². The van der Waals surface area contributed by atoms with Crippen molar-refractivity contribution in [1.29, 1.82) is 0 Å². The first kappa shape index (κ1) is 15.7. The number of carbonyl (C=O) groups is 1. The molecule has 0 saturated heterocycles. The van der Waals surface area contributed by atoms with Crippen LogP contribution in [0.25, 0.3) is 0 Å². The molecule has 1 amide bonds. The van der Waals surface area contributed by atoms with E-state index in [0.717, 1.165) is 22.6 Å². The minimum atomic E-state index is -0.164. The average Bonchev–Trinajstić information content (AvgIpc) is 2.88. The summed E-state index contributed by atoms with van der Waals surface area (Å²) in [5.74, 6) is 0.612. The van der Waals surface area contributed by atoms with Gasteiger partial charge >= 0.3 is 0 Å². The van der Waals surface area contributed by atoms with E-state index in [9.17, 15) is 4.79 Å². The topological polar surface area (TPSA) is 54.3 Å². The van der Waals surface area contributed by atoms with Crippen molar-refractivity contribution in [2.75, 3.05) is 18.6 Å². The molecule has 0 fully saturated rings. The molecule has 0 bridgehead atoms. The minimum Gasteiger partial charge on any atom is -0.497 e. The maximum atomic E-state index is 12.5. The number of amides is 1. The number of fused-ring (bicyclic) bond motifs is 1. The number of carbonyl (C=O) groups excluding carboxylic acids is 1. The van der Waals surface area contributed by atoms with Crippen molar-refractivity contribution in [3.63, 3.8) is 0 Å². The van der Waals surface area contributed by atoms with E-state index in [1.807, 2.05) is 48.5 Å². The number of hydrogen-bond donors (Lipinski definition) is 0. The normalized spacial score (nSPS) is 15.1. The van der Waals surface area contributed by atoms with Crippen molar-refractivity contribution in [3.05, 3.63) is 72.3 Å². The molecule has 1 aliphatic rings. The standard InChI is InChI=1S/C19H17N3O2/c1-3-12-22-17-7-5-4-6-16(17)18(19(22)23)21-20-13-14-8-10-15(24-2)11-9-14/h3-11,13H,1,12H2,2H3/b20-13+,21-18-. The van der Waals surface area contributed by atoms with Gasteiger partial charge in [0.05, 0.1) is 19.0 Å². The van der Waals surface area contributed by atoms with Gasteiger partial charge in [0.2, 0.25) is 0 Å². The van der Waals surface area contributed by atoms with Crippen LogP contribution in [-0.2, 0) is 4.79 Å². The van der Waals surface area contributed by atoms with Gasteiger partial charge in [-0.3, -0.25) is 4.79 Å². The molecule has 0 aliphatic carbocycles. The highest BCUT2D eigenvalue weighted by Crippen LogP contribution is 2.28. The number of benzene rings is 2. The first-order valence-corrected chi connectivity index (χ1v) is 7.52. The Labute approximate surface area is 140 Å². The monoisotopic (exact) mass is 319 g/mol. The van der Waals surface area contributed by atoms with Gasteiger partial charge < -0.3 is 9.64 Å². The molecule has 2 aromatic rings. The van der Waals surface area contributed by atoms with Crippen molar-refractivity contribution in [3.8, 4) is 5.75 Å². The van der Waals surface area contributed by atoms with Gasteiger partial charge in [-0.2, -0.15) is 5.10 Å². The molecule has 24 heavy (non-hydrogen) atoms. The lowest BCUT2D eigenvalue weighted by Gasteiger charge is -2.13. The Morgan fingerprint density at radius 2 is 1.92 bits per heavy atom. The summed E-state index contributed by atoms with van der Waals surface area (Å²) in [6.07, 6.45) is 3.30. The van der Waals surface area contributed by atoms with Crippen LogP contribution in [0.3, 0.4) is 0 Å². The van der Waals surface area contributed by atoms with Gasteiger partial charge in [0.15, 0.2) is 5.71 Å². The van der Waals surface area contributed by atoms with Gasteiger partial charge in [0, 0.05) is 12.1 Å². The van der Waals surface area contributed by atoms with Crippen LogP contribution in [0.5, 0.6) is 5.75 Å². The van der Waals surface area contributed by atoms with Crippen LogP contribution in [0, 0.1) is 0 Å². The van der Waals surface area contributed by atoms with Crippen molar-refractivity contribution in [2.24, 2.45) is 10.2 Å². The molecule has 0 saturated carbocycles. The van der Waals surface area contributed by atoms with Gasteiger partial charge in [-0.05, 0) is 35.9 Å². The molecule has 1 aliphatic heterocycles. The van der Waals surface area contributed by atoms with E-state index in [4.69, 9.17) is 4.74 Å². The van der Waals surface area contributed by atoms with Crippen LogP contribution < -0.4 is 9.64 Å². The number of ether oxygens (including phenoxy) is 1. The van der Waals surface area contributed by atoms with Crippen LogP contribution in [-0.4, -0.2) is 31.5 Å². The molecule has 0 N–H and O–H groups in total. The maximum absolute atomic E-state index is 12.5. The third kappa shape index (κ3) is 2.96. The van der Waals surface area contributed by atoms with Gasteiger partial charge in [0.1, 0.15) is 5.75 Å². The van der Waals surface area contributed by atoms with Crippen molar-refractivity contribution in [1.82, 2.24) is 0 Å². The molecule has 0 unspecified atom stereocenters. The van der Waals surface area contributed by atoms with Gasteiger partial charge in [-0.1, -0.05) is 24.3 Å². The highest BCUT2D eigenvalue weighted by Gasteiger charge is 2.32. The molecule has 5 nitrogen and oxygen atoms in total. The fraction of sp³-hybridized carbons (Fsp3) is 0.105. The van der Waals surface area contributed by atoms with Crippen molar-refractivity contribution in [2.45, 2.75) is 0 Å². The number of para-hydroxylation sites is 1. The summed E-state index contributed by atoms with van der Waals surface area (Å²) in [5.41, 5.74) is 2.84. The number of methoxy groups -OCH3 is 1. The second-order valence-corrected chi connectivity index (χ2v) is 5.19. The summed E-state index contributed by atoms with van der Waals surface area (Å²) in [6, 6.07) is 15.0. The molecular weight excluding hydrogens is 302 g/mol. The van der Waals surface area contributed by atoms with Crippen LogP contribution in [0.2, 0.25) is 0 Å². The summed E-state index contributed by atoms with van der Waals surface area (Å²) in [4.78, 5) is 14.2. The molecule has 120 valence electrons. The summed E-state index contributed by atoms with van der Waals surface area (Å²) in [5, 5.41) is 8.22. The summed E-state index contributed by atoms with van der Waals surface area (Å²) in [7, 11) is 1.62. The lowest BCUT2D eigenvalue weighted by atomic mass is 10.1. The number of rotatable bonds is 5. The van der Waals surface area contributed by atoms with Crippen molar-refractivity contribution >= 4 is 23.5 Å². The predicted molar refractivity (Wildman–Crippen MR) is 96.1 cm³/mol. The second-order valence-electron chi connectivity index (χ2n) is 5.19. The lowest BCUT2D eigenvalue weighted by Crippen LogP contribution is -2.30. The fourth-order valence-corrected chi connectivity index (χ4v) is 2.51. The predicted octanol–water partition coefficient (Wildman–Crippen LogP) is 3.05. The van der Waals surface area contributed by atoms with E-state index < -0.39 is 0 Å². The van der Waals surface area contributed by atoms with E-state index in [1.54, 1.807) is 24.3 Å². The van der Waals surface area contributed by atoms with E-state index in [-0.39, 0.29) is 5.91 Å². The zero-order valence-corrected chi connectivity index (χ0v) is 13.3. The van der Waals surface area contributed by atoms with E-state index >= 15 is 0 Å². The van der Waals surface area contributed by atoms with Gasteiger partial charge in [-0.25, -0.2) is 0 Å². The highest BCUT2D eigenvalue weighted by molar-refractivity contribution is 6.54. The summed E-state index contributed by atoms with van der Waals surface area (Å²) in [6.45, 7) is 4.14. The van der Waals surface area contributed by atoms with E-state index in [2.05, 4.69) is 16.8 Å². The minimum absolute atomic E-state index is 0.164. The first-order chi connectivity index (χ1) is 11.7. The molecule has 5 heteroatoms. The maximum Gasteiger partial charge on any atom is 0.279 e. The van der Waals surface area contributed by atoms with E-state index in [1.165, 1.54) is 0 Å². The molecule has 0 spiro atoms. The third-order valence-electron chi connectivity index (χ3n) is 3.69. The number of anilines is 1. The Morgan fingerprint density at radius 3 is 2.62 bits per heavy atom. The molecule has 2 aromatic carbocycles. The molecule has 3 rings (SSSR count). The molecule has 0 aromatic heterocycles. The Hall–Kier alpha value is -3.21. The zero-order valence-electron chi connectivity index (χ0n) is 13.3. The van der Waals surface area contributed by atoms with Crippen LogP contribution >= 0.6 is 0 Å². The van der Waals surface area contributed by atoms with Crippen LogP contribution in [0.15, 0.2) is 71.4 Å². The average molecular weight is 319 g/mol. The SMILES string of the molecule is C=CCN1C(=O)/C(=N\N=C\c2ccc(OC)cc2)c2ccccc21.